The Hall–Kier alpha value is -2.55. The molecule has 0 fully saturated rings. The topological polar surface area (TPSA) is 73.4 Å². The summed E-state index contributed by atoms with van der Waals surface area (Å²) in [6.07, 6.45) is 0. The average Bonchev–Trinajstić information content (AvgIpc) is 3.08. The van der Waals surface area contributed by atoms with Crippen LogP contribution in [0.2, 0.25) is 0 Å². The van der Waals surface area contributed by atoms with Gasteiger partial charge in [0.2, 0.25) is 11.5 Å². The van der Waals surface area contributed by atoms with E-state index in [-0.39, 0.29) is 11.6 Å². The summed E-state index contributed by atoms with van der Waals surface area (Å²) in [4.78, 5) is 20.5. The van der Waals surface area contributed by atoms with Crippen molar-refractivity contribution in [3.63, 3.8) is 0 Å². The lowest BCUT2D eigenvalue weighted by molar-refractivity contribution is 0.102. The number of rotatable bonds is 6. The molecule has 1 aromatic heterocycles. The Balaban J connectivity index is 2.03. The van der Waals surface area contributed by atoms with Crippen molar-refractivity contribution in [2.45, 2.75) is 0 Å². The molecule has 0 amide bonds. The average molecular weight is 464 g/mol. The van der Waals surface area contributed by atoms with Gasteiger partial charge in [-0.2, -0.15) is 0 Å². The molecule has 0 atom stereocenters. The van der Waals surface area contributed by atoms with Gasteiger partial charge in [-0.3, -0.25) is 4.79 Å². The van der Waals surface area contributed by atoms with Crippen molar-refractivity contribution < 1.29 is 19.0 Å². The third-order valence-electron chi connectivity index (χ3n) is 3.85. The minimum atomic E-state index is -0.260. The molecule has 0 bridgehead atoms. The molecule has 0 spiro atoms. The molecule has 3 aromatic rings. The Morgan fingerprint density at radius 1 is 1.00 bits per heavy atom. The Labute approximate surface area is 164 Å². The molecule has 0 radical (unpaired) electrons. The summed E-state index contributed by atoms with van der Waals surface area (Å²) >= 11 is 2.14. The van der Waals surface area contributed by atoms with Gasteiger partial charge < -0.3 is 19.2 Å². The molecule has 0 saturated carbocycles. The Kier molecular flexibility index (Phi) is 5.46. The highest BCUT2D eigenvalue weighted by molar-refractivity contribution is 14.1. The van der Waals surface area contributed by atoms with E-state index in [1.54, 1.807) is 12.1 Å². The number of nitrogens with zero attached hydrogens (tertiary/aromatic N) is 1. The third-order valence-corrected chi connectivity index (χ3v) is 4.63. The largest absolute Gasteiger partial charge is 0.493 e. The van der Waals surface area contributed by atoms with Crippen LogP contribution in [0, 0.1) is 3.70 Å². The number of nitrogens with one attached hydrogen (secondary N) is 1. The van der Waals surface area contributed by atoms with E-state index in [1.165, 1.54) is 21.3 Å². The molecule has 0 saturated heterocycles. The summed E-state index contributed by atoms with van der Waals surface area (Å²) in [5.74, 6) is 1.26. The zero-order valence-electron chi connectivity index (χ0n) is 14.5. The van der Waals surface area contributed by atoms with Crippen LogP contribution in [0.15, 0.2) is 42.5 Å². The van der Waals surface area contributed by atoms with Crippen LogP contribution in [0.5, 0.6) is 17.2 Å². The lowest BCUT2D eigenvalue weighted by atomic mass is 10.1. The molecule has 134 valence electrons. The zero-order valence-corrected chi connectivity index (χ0v) is 16.7. The molecular weight excluding hydrogens is 447 g/mol. The van der Waals surface area contributed by atoms with E-state index in [1.807, 2.05) is 30.3 Å². The van der Waals surface area contributed by atoms with Gasteiger partial charge in [0.05, 0.1) is 21.3 Å². The number of carbonyl (C=O) groups is 1. The highest BCUT2D eigenvalue weighted by Crippen LogP contribution is 2.38. The van der Waals surface area contributed by atoms with Gasteiger partial charge >= 0.3 is 0 Å². The van der Waals surface area contributed by atoms with Crippen LogP contribution in [0.1, 0.15) is 16.2 Å². The lowest BCUT2D eigenvalue weighted by Crippen LogP contribution is -2.06. The van der Waals surface area contributed by atoms with Gasteiger partial charge in [0, 0.05) is 11.1 Å². The van der Waals surface area contributed by atoms with Crippen molar-refractivity contribution in [2.75, 3.05) is 21.3 Å². The first kappa shape index (κ1) is 18.2. The maximum atomic E-state index is 12.9. The van der Waals surface area contributed by atoms with E-state index in [4.69, 9.17) is 14.2 Å². The predicted molar refractivity (Wildman–Crippen MR) is 106 cm³/mol. The summed E-state index contributed by atoms with van der Waals surface area (Å²) in [6.45, 7) is 0. The maximum Gasteiger partial charge on any atom is 0.228 e. The lowest BCUT2D eigenvalue weighted by Gasteiger charge is -2.13. The predicted octanol–water partition coefficient (Wildman–Crippen LogP) is 3.94. The number of benzene rings is 2. The second-order valence-corrected chi connectivity index (χ2v) is 6.44. The quantitative estimate of drug-likeness (QED) is 0.442. The molecule has 0 aliphatic rings. The second kappa shape index (κ2) is 7.77. The fourth-order valence-electron chi connectivity index (χ4n) is 2.60. The van der Waals surface area contributed by atoms with E-state index in [0.29, 0.717) is 22.8 Å². The number of methoxy groups -OCH3 is 3. The van der Waals surface area contributed by atoms with E-state index in [0.717, 1.165) is 15.0 Å². The standard InChI is InChI=1S/C19H17IN2O4/c1-24-13-9-12(10-14(25-2)17(13)26-3)16(23)19-21-15(18(20)22-19)11-7-5-4-6-8-11/h4-10H,1-3H3,(H,21,22). The van der Waals surface area contributed by atoms with Crippen LogP contribution in [0.3, 0.4) is 0 Å². The van der Waals surface area contributed by atoms with Crippen molar-refractivity contribution in [1.82, 2.24) is 9.97 Å². The Bertz CT molecular complexity index is 913. The third kappa shape index (κ3) is 3.39. The van der Waals surface area contributed by atoms with Crippen LogP contribution < -0.4 is 14.2 Å². The van der Waals surface area contributed by atoms with E-state index in [9.17, 15) is 4.79 Å². The van der Waals surface area contributed by atoms with Gasteiger partial charge in [0.25, 0.3) is 0 Å². The van der Waals surface area contributed by atoms with E-state index >= 15 is 0 Å². The molecule has 1 N–H and O–H groups in total. The smallest absolute Gasteiger partial charge is 0.228 e. The van der Waals surface area contributed by atoms with Gasteiger partial charge in [-0.05, 0) is 34.7 Å². The highest BCUT2D eigenvalue weighted by Gasteiger charge is 2.21. The number of ether oxygens (including phenoxy) is 3. The van der Waals surface area contributed by atoms with Gasteiger partial charge in [0.1, 0.15) is 9.39 Å². The maximum absolute atomic E-state index is 12.9. The van der Waals surface area contributed by atoms with E-state index < -0.39 is 0 Å². The fraction of sp³-hybridized carbons (Fsp3) is 0.158. The van der Waals surface area contributed by atoms with Crippen LogP contribution in [-0.4, -0.2) is 37.1 Å². The SMILES string of the molecule is COc1cc(C(=O)c2nc(-c3ccccc3)c(I)[nH]2)cc(OC)c1OC. The normalized spacial score (nSPS) is 10.5. The van der Waals surface area contributed by atoms with Crippen LogP contribution in [0.4, 0.5) is 0 Å². The van der Waals surface area contributed by atoms with Gasteiger partial charge in [-0.25, -0.2) is 4.98 Å². The number of aromatic nitrogens is 2. The fourth-order valence-corrected chi connectivity index (χ4v) is 3.28. The summed E-state index contributed by atoms with van der Waals surface area (Å²) in [7, 11) is 4.53. The minimum Gasteiger partial charge on any atom is -0.493 e. The molecule has 7 heteroatoms. The molecule has 0 unspecified atom stereocenters. The monoisotopic (exact) mass is 464 g/mol. The van der Waals surface area contributed by atoms with E-state index in [2.05, 4.69) is 32.6 Å². The molecular formula is C19H17IN2O4. The number of imidazole rings is 1. The van der Waals surface area contributed by atoms with Crippen molar-refractivity contribution in [1.29, 1.82) is 0 Å². The molecule has 3 rings (SSSR count). The Morgan fingerprint density at radius 3 is 2.15 bits per heavy atom. The van der Waals surface area contributed by atoms with Gasteiger partial charge in [-0.1, -0.05) is 30.3 Å². The number of H-pyrrole nitrogens is 1. The van der Waals surface area contributed by atoms with Gasteiger partial charge in [0.15, 0.2) is 17.3 Å². The number of hydrogen-bond acceptors (Lipinski definition) is 5. The van der Waals surface area contributed by atoms with Crippen molar-refractivity contribution >= 4 is 28.4 Å². The minimum absolute atomic E-state index is 0.252. The number of halogens is 1. The van der Waals surface area contributed by atoms with Crippen LogP contribution in [-0.2, 0) is 0 Å². The molecule has 0 aliphatic heterocycles. The molecule has 2 aromatic carbocycles. The summed E-state index contributed by atoms with van der Waals surface area (Å²) in [5.41, 5.74) is 2.07. The van der Waals surface area contributed by atoms with Crippen molar-refractivity contribution in [3.8, 4) is 28.5 Å². The molecule has 6 nitrogen and oxygen atoms in total. The zero-order chi connectivity index (χ0) is 18.7. The molecule has 26 heavy (non-hydrogen) atoms. The first-order valence-electron chi connectivity index (χ1n) is 7.74. The summed E-state index contributed by atoms with van der Waals surface area (Å²) in [6, 6.07) is 12.9. The van der Waals surface area contributed by atoms with Crippen molar-refractivity contribution in [3.05, 3.63) is 57.6 Å². The van der Waals surface area contributed by atoms with Crippen molar-refractivity contribution in [2.24, 2.45) is 0 Å². The number of ketones is 1. The first-order valence-corrected chi connectivity index (χ1v) is 8.82. The first-order chi connectivity index (χ1) is 12.6. The molecule has 1 heterocycles. The second-order valence-electron chi connectivity index (χ2n) is 5.36. The number of aromatic amines is 1. The summed E-state index contributed by atoms with van der Waals surface area (Å²) in [5, 5.41) is 0. The van der Waals surface area contributed by atoms with Crippen LogP contribution >= 0.6 is 22.6 Å². The molecule has 0 aliphatic carbocycles. The van der Waals surface area contributed by atoms with Gasteiger partial charge in [-0.15, -0.1) is 0 Å². The number of hydrogen-bond donors (Lipinski definition) is 1. The number of carbonyl (C=O) groups excluding carboxylic acids is 1. The summed E-state index contributed by atoms with van der Waals surface area (Å²) < 4.78 is 16.7. The highest BCUT2D eigenvalue weighted by atomic mass is 127. The van der Waals surface area contributed by atoms with Crippen LogP contribution in [0.25, 0.3) is 11.3 Å². The Morgan fingerprint density at radius 2 is 1.62 bits per heavy atom.